The lowest BCUT2D eigenvalue weighted by atomic mass is 9.55. The van der Waals surface area contributed by atoms with E-state index in [-0.39, 0.29) is 56.8 Å². The van der Waals surface area contributed by atoms with Gasteiger partial charge in [0, 0.05) is 56.2 Å². The zero-order valence-electron chi connectivity index (χ0n) is 39.9. The second kappa shape index (κ2) is 22.6. The largest absolute Gasteiger partial charge is 0.487 e. The number of amides is 1. The van der Waals surface area contributed by atoms with Crippen LogP contribution in [0.5, 0.6) is 23.0 Å². The first kappa shape index (κ1) is 48.1. The molecule has 0 radical (unpaired) electrons. The maximum atomic E-state index is 15.4. The van der Waals surface area contributed by atoms with E-state index in [1.165, 1.54) is 12.8 Å². The van der Waals surface area contributed by atoms with Crippen LogP contribution in [0, 0.1) is 30.6 Å². The minimum absolute atomic E-state index is 0.0288. The lowest BCUT2D eigenvalue weighted by molar-refractivity contribution is -0.258. The molecule has 1 unspecified atom stereocenters. The average Bonchev–Trinajstić information content (AvgIpc) is 4.07. The lowest BCUT2D eigenvalue weighted by Gasteiger charge is -2.60. The van der Waals surface area contributed by atoms with Gasteiger partial charge in [-0.1, -0.05) is 68.0 Å². The van der Waals surface area contributed by atoms with E-state index in [9.17, 15) is 10.2 Å². The first-order valence-corrected chi connectivity index (χ1v) is 25.5. The Morgan fingerprint density at radius 2 is 1.75 bits per heavy atom. The van der Waals surface area contributed by atoms with E-state index < -0.39 is 24.0 Å². The van der Waals surface area contributed by atoms with Crippen LogP contribution in [0.1, 0.15) is 131 Å². The van der Waals surface area contributed by atoms with Crippen LogP contribution in [0.3, 0.4) is 0 Å². The fourth-order valence-electron chi connectivity index (χ4n) is 11.9. The van der Waals surface area contributed by atoms with Gasteiger partial charge in [0.1, 0.15) is 24.1 Å². The molecule has 7 atom stereocenters. The number of aliphatic hydroxyl groups excluding tert-OH is 2. The molecule has 6 aliphatic rings. The molecule has 68 heavy (non-hydrogen) atoms. The molecule has 2 N–H and O–H groups in total. The van der Waals surface area contributed by atoms with Crippen molar-refractivity contribution in [2.75, 3.05) is 33.2 Å². The Bertz CT molecular complexity index is 2250. The van der Waals surface area contributed by atoms with Gasteiger partial charge in [0.2, 0.25) is 24.8 Å². The van der Waals surface area contributed by atoms with Crippen molar-refractivity contribution >= 4 is 11.6 Å². The molecule has 366 valence electrons. The van der Waals surface area contributed by atoms with Gasteiger partial charge in [0.15, 0.2) is 11.5 Å². The summed E-state index contributed by atoms with van der Waals surface area (Å²) < 4.78 is 39.1. The zero-order valence-corrected chi connectivity index (χ0v) is 39.9. The molecule has 13 heteroatoms. The maximum Gasteiger partial charge on any atom is 0.239 e. The third-order valence-corrected chi connectivity index (χ3v) is 15.1. The van der Waals surface area contributed by atoms with Gasteiger partial charge in [-0.2, -0.15) is 0 Å². The number of oxime groups is 1. The summed E-state index contributed by atoms with van der Waals surface area (Å²) in [5.74, 6) is 1.37. The summed E-state index contributed by atoms with van der Waals surface area (Å²) in [5.41, 5.74) is 5.40. The quantitative estimate of drug-likeness (QED) is 0.0563. The summed E-state index contributed by atoms with van der Waals surface area (Å²) >= 11 is 0. The molecule has 4 heterocycles. The number of ether oxygens (including phenoxy) is 6. The number of carbonyl (C=O) groups excluding carboxylic acids is 1. The highest BCUT2D eigenvalue weighted by atomic mass is 16.8. The van der Waals surface area contributed by atoms with Gasteiger partial charge in [0.25, 0.3) is 0 Å². The number of fused-ring (bicyclic) bond motifs is 3. The molecule has 3 aliphatic carbocycles. The highest BCUT2D eigenvalue weighted by molar-refractivity contribution is 6.03. The second-order valence-electron chi connectivity index (χ2n) is 19.6. The van der Waals surface area contributed by atoms with Crippen LogP contribution in [0.15, 0.2) is 84.1 Å². The van der Waals surface area contributed by atoms with Gasteiger partial charge in [-0.15, -0.1) is 6.58 Å². The number of nitrogens with zero attached hydrogens (tertiary/aromatic N) is 3. The molecule has 3 aromatic rings. The molecule has 13 nitrogen and oxygen atoms in total. The standard InChI is InChI=1S/C55H71N3O10/c1-3-28-66-55-50(58(51(61)25-21-38-14-4-5-15-38)34-39-20-23-48-49(30-39)65-36-64-48)33-46(57-68-52-19-8-11-29-62-52)44-31-40(16-6-9-26-59)43(18-7-10-27-60)53(54(44)55)45-32-42(22-24-47(45)67-55)63-35-41-17-12-13-37(2)56-41/h3,12-13,17,20,22-24,30-32,38,40,43,50,52-54,59-60H,1,4-11,14-16,18-19,21,25-29,33-36H2,2H3/t40-,43+,50-,52?,53+,54+,55+/m0/s1. The number of unbranched alkanes of at least 4 members (excludes halogenated alkanes) is 2. The Kier molecular flexibility index (Phi) is 16.0. The van der Waals surface area contributed by atoms with E-state index in [1.54, 1.807) is 6.08 Å². The number of aromatic nitrogens is 1. The minimum Gasteiger partial charge on any atom is -0.487 e. The van der Waals surface area contributed by atoms with Gasteiger partial charge in [-0.05, 0) is 123 Å². The van der Waals surface area contributed by atoms with Crippen molar-refractivity contribution < 1.29 is 48.3 Å². The number of rotatable bonds is 22. The number of hydrogen-bond acceptors (Lipinski definition) is 12. The predicted octanol–water partition coefficient (Wildman–Crippen LogP) is 9.86. The van der Waals surface area contributed by atoms with Crippen molar-refractivity contribution in [3.8, 4) is 23.0 Å². The predicted molar refractivity (Wildman–Crippen MR) is 257 cm³/mol. The molecule has 1 saturated heterocycles. The zero-order chi connectivity index (χ0) is 46.9. The molecule has 2 aromatic carbocycles. The summed E-state index contributed by atoms with van der Waals surface area (Å²) in [6.07, 6.45) is 17.3. The molecular weight excluding hydrogens is 863 g/mol. The van der Waals surface area contributed by atoms with Crippen LogP contribution < -0.4 is 18.9 Å². The van der Waals surface area contributed by atoms with E-state index in [2.05, 4.69) is 18.7 Å². The minimum atomic E-state index is -1.39. The third-order valence-electron chi connectivity index (χ3n) is 15.1. The number of aryl methyl sites for hydroxylation is 1. The smallest absolute Gasteiger partial charge is 0.239 e. The van der Waals surface area contributed by atoms with Crippen LogP contribution in [-0.2, 0) is 32.3 Å². The van der Waals surface area contributed by atoms with Gasteiger partial charge in [0.05, 0.1) is 30.5 Å². The maximum absolute atomic E-state index is 15.4. The molecule has 1 aromatic heterocycles. The summed E-state index contributed by atoms with van der Waals surface area (Å²) in [7, 11) is 0. The Labute approximate surface area is 401 Å². The Balaban J connectivity index is 1.21. The Morgan fingerprint density at radius 1 is 0.941 bits per heavy atom. The van der Waals surface area contributed by atoms with Crippen molar-refractivity contribution in [1.82, 2.24) is 9.88 Å². The third kappa shape index (κ3) is 10.8. The number of carbonyl (C=O) groups is 1. The molecule has 3 aliphatic heterocycles. The van der Waals surface area contributed by atoms with E-state index in [1.807, 2.05) is 60.4 Å². The average molecular weight is 934 g/mol. The van der Waals surface area contributed by atoms with Crippen LogP contribution in [0.25, 0.3) is 0 Å². The van der Waals surface area contributed by atoms with E-state index in [0.29, 0.717) is 67.8 Å². The summed E-state index contributed by atoms with van der Waals surface area (Å²) in [4.78, 5) is 28.5. The van der Waals surface area contributed by atoms with Gasteiger partial charge >= 0.3 is 0 Å². The van der Waals surface area contributed by atoms with Gasteiger partial charge in [-0.3, -0.25) is 9.78 Å². The van der Waals surface area contributed by atoms with Gasteiger partial charge < -0.3 is 48.4 Å². The number of aliphatic hydroxyl groups is 2. The molecule has 1 amide bonds. The van der Waals surface area contributed by atoms with Crippen molar-refractivity contribution in [3.63, 3.8) is 0 Å². The fourth-order valence-corrected chi connectivity index (χ4v) is 11.9. The second-order valence-corrected chi connectivity index (χ2v) is 19.6. The van der Waals surface area contributed by atoms with Crippen LogP contribution in [-0.4, -0.2) is 83.1 Å². The van der Waals surface area contributed by atoms with Crippen molar-refractivity contribution in [2.24, 2.45) is 28.8 Å². The van der Waals surface area contributed by atoms with Gasteiger partial charge in [-0.25, -0.2) is 0 Å². The highest BCUT2D eigenvalue weighted by Crippen LogP contribution is 2.62. The molecular formula is C55H71N3O10. The van der Waals surface area contributed by atoms with Crippen LogP contribution in [0.4, 0.5) is 0 Å². The van der Waals surface area contributed by atoms with E-state index in [4.69, 9.17) is 43.4 Å². The Morgan fingerprint density at radius 3 is 2.54 bits per heavy atom. The number of allylic oxidation sites excluding steroid dienone is 1. The molecule has 0 spiro atoms. The topological polar surface area (TPSA) is 151 Å². The normalized spacial score (nSPS) is 26.6. The summed E-state index contributed by atoms with van der Waals surface area (Å²) in [6, 6.07) is 17.3. The highest BCUT2D eigenvalue weighted by Gasteiger charge is 2.65. The summed E-state index contributed by atoms with van der Waals surface area (Å²) in [5, 5.41) is 25.2. The van der Waals surface area contributed by atoms with Crippen molar-refractivity contribution in [1.29, 1.82) is 0 Å². The van der Waals surface area contributed by atoms with Crippen LogP contribution >= 0.6 is 0 Å². The lowest BCUT2D eigenvalue weighted by Crippen LogP contribution is -2.70. The number of hydrogen-bond donors (Lipinski definition) is 2. The number of pyridine rings is 1. The molecule has 9 rings (SSSR count). The van der Waals surface area contributed by atoms with E-state index >= 15 is 4.79 Å². The Hall–Kier alpha value is -4.95. The van der Waals surface area contributed by atoms with Crippen molar-refractivity contribution in [3.05, 3.63) is 101 Å². The first-order chi connectivity index (χ1) is 33.4. The van der Waals surface area contributed by atoms with Crippen LogP contribution in [0.2, 0.25) is 0 Å². The molecule has 3 fully saturated rings. The molecule has 0 bridgehead atoms. The van der Waals surface area contributed by atoms with E-state index in [0.717, 1.165) is 98.0 Å². The SMILES string of the molecule is C=CCO[C@@]12Oc3ccc(OCc4cccc(C)n4)cc3[C@H]3[C@H](CCCCO)[C@@H](CCCCO)C=C(C(=NOC4CCCCO4)C[C@@H]1N(Cc1ccc4c(c1)OCO4)C(=O)CCC1CCCC1)[C@H]32. The first-order valence-electron chi connectivity index (χ1n) is 25.5. The monoisotopic (exact) mass is 934 g/mol. The summed E-state index contributed by atoms with van der Waals surface area (Å²) in [6.45, 7) is 7.84. The number of benzene rings is 2. The molecule has 2 saturated carbocycles. The fraction of sp³-hybridized carbons (Fsp3) is 0.582. The van der Waals surface area contributed by atoms with Crippen molar-refractivity contribution in [2.45, 2.75) is 147 Å².